The molecule has 0 unspecified atom stereocenters. The third-order valence-corrected chi connectivity index (χ3v) is 5.10. The summed E-state index contributed by atoms with van der Waals surface area (Å²) in [6.07, 6.45) is 0. The molecule has 5 rings (SSSR count). The Morgan fingerprint density at radius 1 is 0.939 bits per heavy atom. The number of aryl methyl sites for hydroxylation is 1. The third-order valence-electron chi connectivity index (χ3n) is 5.10. The van der Waals surface area contributed by atoms with Crippen molar-refractivity contribution >= 4 is 16.7 Å². The van der Waals surface area contributed by atoms with E-state index in [1.165, 1.54) is 4.68 Å². The molecule has 0 fully saturated rings. The number of para-hydroxylation sites is 1. The first kappa shape index (κ1) is 20.3. The van der Waals surface area contributed by atoms with Gasteiger partial charge in [0.15, 0.2) is 12.3 Å². The molecular formula is C25H18N4O4. The quantitative estimate of drug-likeness (QED) is 0.381. The first-order valence-corrected chi connectivity index (χ1v) is 10.2. The van der Waals surface area contributed by atoms with Crippen LogP contribution in [0.3, 0.4) is 0 Å². The van der Waals surface area contributed by atoms with Crippen molar-refractivity contribution in [2.24, 2.45) is 0 Å². The van der Waals surface area contributed by atoms with E-state index in [1.807, 2.05) is 37.3 Å². The predicted octanol–water partition coefficient (Wildman–Crippen LogP) is 4.10. The molecule has 8 heteroatoms. The Bertz CT molecular complexity index is 1510. The van der Waals surface area contributed by atoms with Crippen molar-refractivity contribution in [2.75, 3.05) is 0 Å². The largest absolute Gasteiger partial charge is 0.451 e. The van der Waals surface area contributed by atoms with Crippen LogP contribution in [0.25, 0.3) is 27.8 Å². The van der Waals surface area contributed by atoms with Gasteiger partial charge in [0.1, 0.15) is 0 Å². The molecule has 0 radical (unpaired) electrons. The number of carbonyl (C=O) groups excluding carboxylic acids is 1. The monoisotopic (exact) mass is 438 g/mol. The van der Waals surface area contributed by atoms with Crippen LogP contribution >= 0.6 is 0 Å². The fourth-order valence-electron chi connectivity index (χ4n) is 3.41. The normalized spacial score (nSPS) is 10.9. The molecule has 3 aromatic carbocycles. The summed E-state index contributed by atoms with van der Waals surface area (Å²) in [6.45, 7) is 1.77. The maximum absolute atomic E-state index is 13.0. The van der Waals surface area contributed by atoms with Crippen molar-refractivity contribution in [3.8, 4) is 17.1 Å². The number of esters is 1. The number of aromatic nitrogens is 4. The highest BCUT2D eigenvalue weighted by Gasteiger charge is 2.20. The number of hydrogen-bond acceptors (Lipinski definition) is 7. The van der Waals surface area contributed by atoms with Gasteiger partial charge in [-0.2, -0.15) is 14.8 Å². The van der Waals surface area contributed by atoms with E-state index in [0.29, 0.717) is 22.3 Å². The number of fused-ring (bicyclic) bond motifs is 1. The topological polar surface area (TPSA) is 100 Å². The molecule has 0 bridgehead atoms. The third kappa shape index (κ3) is 4.01. The summed E-state index contributed by atoms with van der Waals surface area (Å²) in [5.74, 6) is -0.146. The summed E-state index contributed by atoms with van der Waals surface area (Å²) in [5, 5.41) is 9.02. The second-order valence-electron chi connectivity index (χ2n) is 7.40. The van der Waals surface area contributed by atoms with E-state index >= 15 is 0 Å². The number of benzene rings is 3. The van der Waals surface area contributed by atoms with Crippen LogP contribution in [0, 0.1) is 6.92 Å². The van der Waals surface area contributed by atoms with E-state index in [4.69, 9.17) is 9.26 Å². The van der Waals surface area contributed by atoms with E-state index in [-0.39, 0.29) is 23.8 Å². The minimum atomic E-state index is -0.703. The first-order valence-electron chi connectivity index (χ1n) is 10.2. The molecule has 0 amide bonds. The average molecular weight is 438 g/mol. The molecule has 8 nitrogen and oxygen atoms in total. The van der Waals surface area contributed by atoms with E-state index in [1.54, 1.807) is 48.5 Å². The summed E-state index contributed by atoms with van der Waals surface area (Å²) >= 11 is 0. The lowest BCUT2D eigenvalue weighted by Crippen LogP contribution is -2.25. The van der Waals surface area contributed by atoms with Crippen LogP contribution < -0.4 is 5.56 Å². The van der Waals surface area contributed by atoms with Crippen LogP contribution in [0.1, 0.15) is 21.9 Å². The van der Waals surface area contributed by atoms with Crippen molar-refractivity contribution < 1.29 is 14.1 Å². The molecular weight excluding hydrogens is 420 g/mol. The number of hydrogen-bond donors (Lipinski definition) is 0. The number of carbonyl (C=O) groups is 1. The summed E-state index contributed by atoms with van der Waals surface area (Å²) in [7, 11) is 0. The van der Waals surface area contributed by atoms with Gasteiger partial charge in [0, 0.05) is 10.9 Å². The Morgan fingerprint density at radius 3 is 2.39 bits per heavy atom. The molecule has 0 atom stereocenters. The van der Waals surface area contributed by atoms with E-state index in [0.717, 1.165) is 11.1 Å². The van der Waals surface area contributed by atoms with Crippen LogP contribution in [0.5, 0.6) is 0 Å². The summed E-state index contributed by atoms with van der Waals surface area (Å²) in [6, 6.07) is 23.4. The zero-order chi connectivity index (χ0) is 22.8. The molecule has 0 aliphatic carbocycles. The Morgan fingerprint density at radius 2 is 1.64 bits per heavy atom. The van der Waals surface area contributed by atoms with Crippen LogP contribution in [0.2, 0.25) is 0 Å². The SMILES string of the molecule is Cc1ccc(-c2noc(COC(=O)c3nn(-c4ccccc4)c(=O)c4ccccc34)n2)cc1. The van der Waals surface area contributed by atoms with Gasteiger partial charge in [-0.1, -0.05) is 71.4 Å². The Labute approximate surface area is 188 Å². The molecule has 33 heavy (non-hydrogen) atoms. The van der Waals surface area contributed by atoms with Crippen molar-refractivity contribution in [3.63, 3.8) is 0 Å². The van der Waals surface area contributed by atoms with Gasteiger partial charge in [0.2, 0.25) is 5.82 Å². The lowest BCUT2D eigenvalue weighted by molar-refractivity contribution is 0.0423. The average Bonchev–Trinajstić information content (AvgIpc) is 3.33. The molecule has 2 heterocycles. The number of rotatable bonds is 5. The Hall–Kier alpha value is -4.59. The molecule has 0 aliphatic rings. The van der Waals surface area contributed by atoms with E-state index in [9.17, 15) is 9.59 Å². The van der Waals surface area contributed by atoms with E-state index < -0.39 is 5.97 Å². The lowest BCUT2D eigenvalue weighted by atomic mass is 10.1. The van der Waals surface area contributed by atoms with Crippen molar-refractivity contribution in [1.82, 2.24) is 19.9 Å². The van der Waals surface area contributed by atoms with Gasteiger partial charge in [-0.05, 0) is 25.1 Å². The molecule has 2 aromatic heterocycles. The van der Waals surface area contributed by atoms with Crippen molar-refractivity contribution in [1.29, 1.82) is 0 Å². The fourth-order valence-corrected chi connectivity index (χ4v) is 3.41. The standard InChI is InChI=1S/C25H18N4O4/c1-16-11-13-17(14-12-16)23-26-21(33-28-23)15-32-25(31)22-19-9-5-6-10-20(19)24(30)29(27-22)18-7-3-2-4-8-18/h2-14H,15H2,1H3. The van der Waals surface area contributed by atoms with Crippen LogP contribution in [0.15, 0.2) is 88.2 Å². The second kappa shape index (κ2) is 8.51. The molecule has 0 saturated carbocycles. The summed E-state index contributed by atoms with van der Waals surface area (Å²) in [4.78, 5) is 30.2. The smallest absolute Gasteiger partial charge is 0.359 e. The van der Waals surface area contributed by atoms with Gasteiger partial charge >= 0.3 is 5.97 Å². The van der Waals surface area contributed by atoms with Crippen molar-refractivity contribution in [3.05, 3.63) is 106 Å². The minimum Gasteiger partial charge on any atom is -0.451 e. The van der Waals surface area contributed by atoms with Gasteiger partial charge in [0.25, 0.3) is 11.4 Å². The Balaban J connectivity index is 1.44. The maximum Gasteiger partial charge on any atom is 0.359 e. The summed E-state index contributed by atoms with van der Waals surface area (Å²) < 4.78 is 11.8. The molecule has 5 aromatic rings. The van der Waals surface area contributed by atoms with Gasteiger partial charge in [-0.3, -0.25) is 4.79 Å². The zero-order valence-corrected chi connectivity index (χ0v) is 17.6. The summed E-state index contributed by atoms with van der Waals surface area (Å²) in [5.41, 5.74) is 2.15. The Kier molecular flexibility index (Phi) is 5.24. The van der Waals surface area contributed by atoms with Crippen LogP contribution in [0.4, 0.5) is 0 Å². The molecule has 162 valence electrons. The highest BCUT2D eigenvalue weighted by atomic mass is 16.6. The van der Waals surface area contributed by atoms with Gasteiger partial charge in [-0.15, -0.1) is 0 Å². The maximum atomic E-state index is 13.0. The second-order valence-corrected chi connectivity index (χ2v) is 7.40. The predicted molar refractivity (Wildman–Crippen MR) is 121 cm³/mol. The minimum absolute atomic E-state index is 0.0207. The van der Waals surface area contributed by atoms with Crippen LogP contribution in [-0.4, -0.2) is 25.9 Å². The fraction of sp³-hybridized carbons (Fsp3) is 0.0800. The van der Waals surface area contributed by atoms with Gasteiger partial charge in [0.05, 0.1) is 11.1 Å². The van der Waals surface area contributed by atoms with Crippen molar-refractivity contribution in [2.45, 2.75) is 13.5 Å². The highest BCUT2D eigenvalue weighted by Crippen LogP contribution is 2.19. The highest BCUT2D eigenvalue weighted by molar-refractivity contribution is 6.02. The molecule has 0 spiro atoms. The first-order chi connectivity index (χ1) is 16.1. The van der Waals surface area contributed by atoms with E-state index in [2.05, 4.69) is 15.2 Å². The lowest BCUT2D eigenvalue weighted by Gasteiger charge is -2.10. The van der Waals surface area contributed by atoms with Gasteiger partial charge in [-0.25, -0.2) is 4.79 Å². The number of ether oxygens (including phenoxy) is 1. The van der Waals surface area contributed by atoms with Gasteiger partial charge < -0.3 is 9.26 Å². The molecule has 0 N–H and O–H groups in total. The number of nitrogens with zero attached hydrogens (tertiary/aromatic N) is 4. The molecule has 0 aliphatic heterocycles. The zero-order valence-electron chi connectivity index (χ0n) is 17.6. The molecule has 0 saturated heterocycles. The van der Waals surface area contributed by atoms with Crippen LogP contribution in [-0.2, 0) is 11.3 Å².